The Kier molecular flexibility index (Phi) is 4.39. The fourth-order valence-electron chi connectivity index (χ4n) is 2.15. The molecule has 0 saturated heterocycles. The topological polar surface area (TPSA) is 74.2 Å². The number of nitrogens with two attached hydrogens (primary N) is 1. The van der Waals surface area contributed by atoms with E-state index in [-0.39, 0.29) is 0 Å². The Morgan fingerprint density at radius 2 is 2.20 bits per heavy atom. The van der Waals surface area contributed by atoms with Crippen LogP contribution in [0.25, 0.3) is 0 Å². The van der Waals surface area contributed by atoms with E-state index in [1.807, 2.05) is 31.2 Å². The lowest BCUT2D eigenvalue weighted by Crippen LogP contribution is -2.33. The van der Waals surface area contributed by atoms with Crippen molar-refractivity contribution in [3.63, 3.8) is 0 Å². The summed E-state index contributed by atoms with van der Waals surface area (Å²) in [5.41, 5.74) is 6.70. The van der Waals surface area contributed by atoms with E-state index in [9.17, 15) is 0 Å². The van der Waals surface area contributed by atoms with Crippen LogP contribution >= 0.6 is 0 Å². The molecule has 0 radical (unpaired) electrons. The van der Waals surface area contributed by atoms with Gasteiger partial charge in [0, 0.05) is 6.42 Å². The van der Waals surface area contributed by atoms with Crippen molar-refractivity contribution in [1.82, 2.24) is 10.1 Å². The number of hydrogen-bond donors (Lipinski definition) is 1. The van der Waals surface area contributed by atoms with Crippen LogP contribution in [0.3, 0.4) is 0 Å². The SMILES string of the molecule is CCCC(C)(N)c1nc(Cc2cccc(OC)c2)no1. The van der Waals surface area contributed by atoms with Gasteiger partial charge in [0.15, 0.2) is 5.82 Å². The zero-order valence-electron chi connectivity index (χ0n) is 12.2. The van der Waals surface area contributed by atoms with E-state index in [2.05, 4.69) is 17.1 Å². The first kappa shape index (κ1) is 14.5. The summed E-state index contributed by atoms with van der Waals surface area (Å²) >= 11 is 0. The van der Waals surface area contributed by atoms with Crippen molar-refractivity contribution < 1.29 is 9.26 Å². The number of ether oxygens (including phenoxy) is 1. The summed E-state index contributed by atoms with van der Waals surface area (Å²) in [6.45, 7) is 4.00. The van der Waals surface area contributed by atoms with Crippen LogP contribution in [0, 0.1) is 0 Å². The maximum atomic E-state index is 6.18. The molecule has 20 heavy (non-hydrogen) atoms. The van der Waals surface area contributed by atoms with Crippen molar-refractivity contribution in [3.8, 4) is 5.75 Å². The van der Waals surface area contributed by atoms with E-state index in [0.717, 1.165) is 24.2 Å². The molecule has 0 spiro atoms. The highest BCUT2D eigenvalue weighted by Crippen LogP contribution is 2.22. The predicted molar refractivity (Wildman–Crippen MR) is 76.5 cm³/mol. The van der Waals surface area contributed by atoms with Crippen LogP contribution in [0.15, 0.2) is 28.8 Å². The van der Waals surface area contributed by atoms with Gasteiger partial charge in [0.2, 0.25) is 5.89 Å². The monoisotopic (exact) mass is 275 g/mol. The van der Waals surface area contributed by atoms with Crippen molar-refractivity contribution in [2.24, 2.45) is 5.73 Å². The Morgan fingerprint density at radius 3 is 2.90 bits per heavy atom. The summed E-state index contributed by atoms with van der Waals surface area (Å²) < 4.78 is 10.5. The molecule has 0 saturated carbocycles. The van der Waals surface area contributed by atoms with Gasteiger partial charge in [-0.25, -0.2) is 0 Å². The molecule has 0 aliphatic rings. The third kappa shape index (κ3) is 3.36. The van der Waals surface area contributed by atoms with Gasteiger partial charge in [-0.3, -0.25) is 0 Å². The van der Waals surface area contributed by atoms with E-state index in [1.165, 1.54) is 0 Å². The van der Waals surface area contributed by atoms with Gasteiger partial charge in [0.1, 0.15) is 5.75 Å². The van der Waals surface area contributed by atoms with Gasteiger partial charge >= 0.3 is 0 Å². The molecule has 108 valence electrons. The second-order valence-corrected chi connectivity index (χ2v) is 5.21. The zero-order chi connectivity index (χ0) is 14.6. The molecule has 2 rings (SSSR count). The van der Waals surface area contributed by atoms with Crippen LogP contribution in [0.4, 0.5) is 0 Å². The van der Waals surface area contributed by atoms with Crippen molar-refractivity contribution in [2.45, 2.75) is 38.6 Å². The van der Waals surface area contributed by atoms with E-state index in [1.54, 1.807) is 7.11 Å². The fourth-order valence-corrected chi connectivity index (χ4v) is 2.15. The summed E-state index contributed by atoms with van der Waals surface area (Å²) in [5.74, 6) is 1.96. The summed E-state index contributed by atoms with van der Waals surface area (Å²) in [6.07, 6.45) is 2.39. The van der Waals surface area contributed by atoms with Gasteiger partial charge in [-0.15, -0.1) is 0 Å². The minimum atomic E-state index is -0.561. The van der Waals surface area contributed by atoms with Crippen molar-refractivity contribution in [3.05, 3.63) is 41.5 Å². The molecule has 1 heterocycles. The van der Waals surface area contributed by atoms with Gasteiger partial charge in [0.05, 0.1) is 12.6 Å². The van der Waals surface area contributed by atoms with Gasteiger partial charge < -0.3 is 15.0 Å². The molecule has 5 heteroatoms. The average Bonchev–Trinajstić information content (AvgIpc) is 2.88. The fraction of sp³-hybridized carbons (Fsp3) is 0.467. The molecule has 2 N–H and O–H groups in total. The molecule has 1 atom stereocenters. The number of hydrogen-bond acceptors (Lipinski definition) is 5. The molecule has 1 aromatic carbocycles. The smallest absolute Gasteiger partial charge is 0.246 e. The molecule has 2 aromatic rings. The van der Waals surface area contributed by atoms with Crippen LogP contribution in [-0.2, 0) is 12.0 Å². The van der Waals surface area contributed by atoms with Crippen LogP contribution in [0.1, 0.15) is 44.0 Å². The average molecular weight is 275 g/mol. The molecule has 1 aromatic heterocycles. The number of methoxy groups -OCH3 is 1. The molecule has 5 nitrogen and oxygen atoms in total. The molecule has 0 amide bonds. The van der Waals surface area contributed by atoms with E-state index >= 15 is 0 Å². The van der Waals surface area contributed by atoms with Crippen molar-refractivity contribution in [1.29, 1.82) is 0 Å². The maximum absolute atomic E-state index is 6.18. The standard InChI is InChI=1S/C15H21N3O2/c1-4-8-15(2,16)14-17-13(18-20-14)10-11-6-5-7-12(9-11)19-3/h5-7,9H,4,8,10,16H2,1-3H3. The molecule has 0 bridgehead atoms. The Labute approximate surface area is 119 Å². The summed E-state index contributed by atoms with van der Waals surface area (Å²) in [5, 5.41) is 4.01. The van der Waals surface area contributed by atoms with Crippen LogP contribution < -0.4 is 10.5 Å². The second kappa shape index (κ2) is 6.05. The third-order valence-electron chi connectivity index (χ3n) is 3.22. The summed E-state index contributed by atoms with van der Waals surface area (Å²) in [4.78, 5) is 4.41. The number of benzene rings is 1. The summed E-state index contributed by atoms with van der Waals surface area (Å²) in [7, 11) is 1.65. The Morgan fingerprint density at radius 1 is 1.40 bits per heavy atom. The molecule has 0 fully saturated rings. The van der Waals surface area contributed by atoms with Gasteiger partial charge in [-0.2, -0.15) is 4.98 Å². The summed E-state index contributed by atoms with van der Waals surface area (Å²) in [6, 6.07) is 7.82. The van der Waals surface area contributed by atoms with Crippen LogP contribution in [0.2, 0.25) is 0 Å². The molecule has 0 aliphatic heterocycles. The van der Waals surface area contributed by atoms with E-state index in [0.29, 0.717) is 18.1 Å². The highest BCUT2D eigenvalue weighted by atomic mass is 16.5. The maximum Gasteiger partial charge on any atom is 0.246 e. The second-order valence-electron chi connectivity index (χ2n) is 5.21. The Hall–Kier alpha value is -1.88. The lowest BCUT2D eigenvalue weighted by molar-refractivity contribution is 0.282. The molecular formula is C15H21N3O2. The Balaban J connectivity index is 2.13. The van der Waals surface area contributed by atoms with Crippen molar-refractivity contribution >= 4 is 0 Å². The minimum Gasteiger partial charge on any atom is -0.497 e. The zero-order valence-corrected chi connectivity index (χ0v) is 12.2. The number of rotatable bonds is 6. The lowest BCUT2D eigenvalue weighted by Gasteiger charge is -2.18. The quantitative estimate of drug-likeness (QED) is 0.877. The molecule has 0 aliphatic carbocycles. The van der Waals surface area contributed by atoms with Crippen molar-refractivity contribution in [2.75, 3.05) is 7.11 Å². The third-order valence-corrected chi connectivity index (χ3v) is 3.22. The first-order valence-corrected chi connectivity index (χ1v) is 6.80. The number of nitrogens with zero attached hydrogens (tertiary/aromatic N) is 2. The molecule has 1 unspecified atom stereocenters. The van der Waals surface area contributed by atoms with E-state index < -0.39 is 5.54 Å². The Bertz CT molecular complexity index is 564. The van der Waals surface area contributed by atoms with Crippen LogP contribution in [-0.4, -0.2) is 17.3 Å². The molecular weight excluding hydrogens is 254 g/mol. The minimum absolute atomic E-state index is 0.497. The predicted octanol–water partition coefficient (Wildman–Crippen LogP) is 2.64. The first-order valence-electron chi connectivity index (χ1n) is 6.80. The van der Waals surface area contributed by atoms with Gasteiger partial charge in [-0.05, 0) is 31.0 Å². The van der Waals surface area contributed by atoms with Gasteiger partial charge in [-0.1, -0.05) is 30.6 Å². The van der Waals surface area contributed by atoms with E-state index in [4.69, 9.17) is 15.0 Å². The lowest BCUT2D eigenvalue weighted by atomic mass is 9.98. The normalized spacial score (nSPS) is 14.0. The number of aromatic nitrogens is 2. The largest absolute Gasteiger partial charge is 0.497 e. The van der Waals surface area contributed by atoms with Crippen LogP contribution in [0.5, 0.6) is 5.75 Å². The first-order chi connectivity index (χ1) is 9.55. The highest BCUT2D eigenvalue weighted by molar-refractivity contribution is 5.30. The van der Waals surface area contributed by atoms with Gasteiger partial charge in [0.25, 0.3) is 0 Å². The highest BCUT2D eigenvalue weighted by Gasteiger charge is 2.27.